The molecular weight excluding hydrogens is 342 g/mol. The SMILES string of the molecule is CCCC.COc1cc(O)ccc1N=C(N)c1ccccn1.c1c[nH]cn1. The highest BCUT2D eigenvalue weighted by Gasteiger charge is 2.05. The van der Waals surface area contributed by atoms with Crippen LogP contribution in [0.2, 0.25) is 0 Å². The van der Waals surface area contributed by atoms with E-state index in [0.717, 1.165) is 0 Å². The molecule has 0 atom stereocenters. The quantitative estimate of drug-likeness (QED) is 0.475. The van der Waals surface area contributed by atoms with Crippen molar-refractivity contribution in [1.29, 1.82) is 0 Å². The van der Waals surface area contributed by atoms with Crippen molar-refractivity contribution in [2.75, 3.05) is 7.11 Å². The molecule has 2 aromatic heterocycles. The van der Waals surface area contributed by atoms with Gasteiger partial charge in [-0.05, 0) is 24.3 Å². The van der Waals surface area contributed by atoms with E-state index in [2.05, 4.69) is 33.8 Å². The third-order valence-electron chi connectivity index (χ3n) is 3.24. The second-order valence-electron chi connectivity index (χ2n) is 5.33. The van der Waals surface area contributed by atoms with Gasteiger partial charge in [0.2, 0.25) is 0 Å². The summed E-state index contributed by atoms with van der Waals surface area (Å²) < 4.78 is 5.12. The summed E-state index contributed by atoms with van der Waals surface area (Å²) in [5, 5.41) is 9.35. The Morgan fingerprint density at radius 3 is 2.44 bits per heavy atom. The molecule has 3 aromatic rings. The molecule has 0 radical (unpaired) electrons. The molecule has 1 aromatic carbocycles. The van der Waals surface area contributed by atoms with Gasteiger partial charge in [-0.25, -0.2) is 9.98 Å². The number of aromatic nitrogens is 3. The molecule has 0 saturated heterocycles. The van der Waals surface area contributed by atoms with E-state index in [1.54, 1.807) is 43.1 Å². The van der Waals surface area contributed by atoms with Gasteiger partial charge in [-0.1, -0.05) is 32.8 Å². The van der Waals surface area contributed by atoms with Gasteiger partial charge in [-0.3, -0.25) is 4.98 Å². The van der Waals surface area contributed by atoms with Gasteiger partial charge >= 0.3 is 0 Å². The van der Waals surface area contributed by atoms with E-state index in [4.69, 9.17) is 10.5 Å². The van der Waals surface area contributed by atoms with Crippen LogP contribution in [0.15, 0.2) is 66.3 Å². The average molecular weight is 369 g/mol. The Kier molecular flexibility index (Phi) is 10.4. The van der Waals surface area contributed by atoms with Crippen molar-refractivity contribution in [2.24, 2.45) is 10.7 Å². The Morgan fingerprint density at radius 1 is 1.19 bits per heavy atom. The normalized spacial score (nSPS) is 10.1. The number of aromatic amines is 1. The summed E-state index contributed by atoms with van der Waals surface area (Å²) in [6.45, 7) is 4.36. The van der Waals surface area contributed by atoms with E-state index < -0.39 is 0 Å². The maximum atomic E-state index is 9.35. The number of rotatable bonds is 4. The fraction of sp³-hybridized carbons (Fsp3) is 0.250. The van der Waals surface area contributed by atoms with Crippen LogP contribution in [-0.4, -0.2) is 33.0 Å². The Hall–Kier alpha value is -3.35. The Balaban J connectivity index is 0.000000333. The molecule has 144 valence electrons. The number of nitrogens with zero attached hydrogens (tertiary/aromatic N) is 3. The predicted octanol–water partition coefficient (Wildman–Crippen LogP) is 4.05. The standard InChI is InChI=1S/C13H13N3O2.C4H10.C3H4N2/c1-18-12-8-9(17)5-6-10(12)16-13(14)11-4-2-3-7-15-11;1-3-4-2;1-2-5-3-4-1/h2-8,17H,1H3,(H2,14,16);3-4H2,1-2H3;1-3H,(H,4,5). The molecule has 0 aliphatic heterocycles. The van der Waals surface area contributed by atoms with Crippen molar-refractivity contribution in [3.63, 3.8) is 0 Å². The number of nitrogens with one attached hydrogen (secondary N) is 1. The first-order chi connectivity index (χ1) is 13.1. The lowest BCUT2D eigenvalue weighted by molar-refractivity contribution is 0.409. The van der Waals surface area contributed by atoms with Crippen LogP contribution < -0.4 is 10.5 Å². The highest BCUT2D eigenvalue weighted by molar-refractivity contribution is 5.97. The number of unbranched alkanes of at least 4 members (excludes halogenated alkanes) is 1. The summed E-state index contributed by atoms with van der Waals surface area (Å²) in [5.74, 6) is 0.857. The molecule has 0 aliphatic carbocycles. The van der Waals surface area contributed by atoms with Gasteiger partial charge in [0.05, 0.1) is 13.4 Å². The molecule has 7 heteroatoms. The maximum absolute atomic E-state index is 9.35. The number of pyridine rings is 1. The van der Waals surface area contributed by atoms with Gasteiger partial charge in [0, 0.05) is 24.7 Å². The van der Waals surface area contributed by atoms with Gasteiger partial charge in [-0.15, -0.1) is 0 Å². The first-order valence-electron chi connectivity index (χ1n) is 8.67. The maximum Gasteiger partial charge on any atom is 0.150 e. The number of hydrogen-bond donors (Lipinski definition) is 3. The molecule has 0 bridgehead atoms. The van der Waals surface area contributed by atoms with Crippen LogP contribution >= 0.6 is 0 Å². The number of hydrogen-bond acceptors (Lipinski definition) is 5. The lowest BCUT2D eigenvalue weighted by Crippen LogP contribution is -2.14. The minimum atomic E-state index is 0.113. The number of nitrogens with two attached hydrogens (primary N) is 1. The Morgan fingerprint density at radius 2 is 1.96 bits per heavy atom. The molecule has 0 fully saturated rings. The highest BCUT2D eigenvalue weighted by Crippen LogP contribution is 2.31. The minimum Gasteiger partial charge on any atom is -0.508 e. The molecule has 4 N–H and O–H groups in total. The van der Waals surface area contributed by atoms with Crippen LogP contribution in [0.3, 0.4) is 0 Å². The number of ether oxygens (including phenoxy) is 1. The molecule has 27 heavy (non-hydrogen) atoms. The lowest BCUT2D eigenvalue weighted by Gasteiger charge is -2.06. The molecule has 0 aliphatic rings. The summed E-state index contributed by atoms with van der Waals surface area (Å²) in [6, 6.07) is 10.0. The van der Waals surface area contributed by atoms with Gasteiger partial charge in [0.15, 0.2) is 0 Å². The van der Waals surface area contributed by atoms with E-state index in [1.807, 2.05) is 6.07 Å². The van der Waals surface area contributed by atoms with Crippen molar-refractivity contribution in [3.8, 4) is 11.5 Å². The summed E-state index contributed by atoms with van der Waals surface area (Å²) >= 11 is 0. The van der Waals surface area contributed by atoms with Crippen LogP contribution in [0.4, 0.5) is 5.69 Å². The van der Waals surface area contributed by atoms with Crippen molar-refractivity contribution < 1.29 is 9.84 Å². The highest BCUT2D eigenvalue weighted by atomic mass is 16.5. The molecule has 0 spiro atoms. The van der Waals surface area contributed by atoms with Crippen molar-refractivity contribution in [3.05, 3.63) is 67.0 Å². The molecule has 7 nitrogen and oxygen atoms in total. The average Bonchev–Trinajstić information content (AvgIpc) is 3.30. The van der Waals surface area contributed by atoms with Crippen molar-refractivity contribution in [1.82, 2.24) is 15.0 Å². The van der Waals surface area contributed by atoms with Crippen molar-refractivity contribution in [2.45, 2.75) is 26.7 Å². The third-order valence-corrected chi connectivity index (χ3v) is 3.24. The van der Waals surface area contributed by atoms with Crippen LogP contribution in [0.1, 0.15) is 32.4 Å². The molecular formula is C20H27N5O2. The second kappa shape index (κ2) is 12.9. The first-order valence-corrected chi connectivity index (χ1v) is 8.67. The number of phenolic OH excluding ortho intramolecular Hbond substituents is 1. The number of phenols is 1. The number of benzene rings is 1. The van der Waals surface area contributed by atoms with E-state index >= 15 is 0 Å². The fourth-order valence-electron chi connectivity index (χ4n) is 1.68. The van der Waals surface area contributed by atoms with Gasteiger partial charge in [0.1, 0.15) is 28.7 Å². The zero-order chi connectivity index (χ0) is 19.9. The molecule has 0 saturated carbocycles. The first kappa shape index (κ1) is 21.7. The number of H-pyrrole nitrogens is 1. The predicted molar refractivity (Wildman–Crippen MR) is 108 cm³/mol. The summed E-state index contributed by atoms with van der Waals surface area (Å²) in [7, 11) is 1.50. The summed E-state index contributed by atoms with van der Waals surface area (Å²) in [5.41, 5.74) is 6.99. The van der Waals surface area contributed by atoms with E-state index in [9.17, 15) is 5.11 Å². The monoisotopic (exact) mass is 369 g/mol. The van der Waals surface area contributed by atoms with Crippen LogP contribution in [0.5, 0.6) is 11.5 Å². The number of aromatic hydroxyl groups is 1. The number of amidine groups is 1. The van der Waals surface area contributed by atoms with Crippen LogP contribution in [-0.2, 0) is 0 Å². The molecule has 3 rings (SSSR count). The summed E-state index contributed by atoms with van der Waals surface area (Å²) in [6.07, 6.45) is 9.37. The summed E-state index contributed by atoms with van der Waals surface area (Å²) in [4.78, 5) is 14.8. The number of methoxy groups -OCH3 is 1. The van der Waals surface area contributed by atoms with Gasteiger partial charge in [-0.2, -0.15) is 0 Å². The zero-order valence-corrected chi connectivity index (χ0v) is 16.0. The fourth-order valence-corrected chi connectivity index (χ4v) is 1.68. The largest absolute Gasteiger partial charge is 0.508 e. The number of imidazole rings is 1. The second-order valence-corrected chi connectivity index (χ2v) is 5.33. The van der Waals surface area contributed by atoms with Crippen LogP contribution in [0, 0.1) is 0 Å². The molecule has 2 heterocycles. The van der Waals surface area contributed by atoms with Crippen molar-refractivity contribution >= 4 is 11.5 Å². The topological polar surface area (TPSA) is 109 Å². The van der Waals surface area contributed by atoms with Gasteiger partial charge in [0.25, 0.3) is 0 Å². The smallest absolute Gasteiger partial charge is 0.150 e. The Labute approximate surface area is 160 Å². The van der Waals surface area contributed by atoms with E-state index in [-0.39, 0.29) is 5.75 Å². The molecule has 0 amide bonds. The van der Waals surface area contributed by atoms with E-state index in [0.29, 0.717) is 23.0 Å². The van der Waals surface area contributed by atoms with Gasteiger partial charge < -0.3 is 20.6 Å². The zero-order valence-electron chi connectivity index (χ0n) is 16.0. The molecule has 0 unspecified atom stereocenters. The Bertz CT molecular complexity index is 755. The van der Waals surface area contributed by atoms with Crippen LogP contribution in [0.25, 0.3) is 0 Å². The number of aliphatic imine (C=N–C) groups is 1. The third kappa shape index (κ3) is 8.53. The minimum absolute atomic E-state index is 0.113. The lowest BCUT2D eigenvalue weighted by atomic mass is 10.2. The van der Waals surface area contributed by atoms with E-state index in [1.165, 1.54) is 32.1 Å².